The van der Waals surface area contributed by atoms with Gasteiger partial charge in [-0.25, -0.2) is 0 Å². The quantitative estimate of drug-likeness (QED) is 0.730. The number of para-hydroxylation sites is 1. The summed E-state index contributed by atoms with van der Waals surface area (Å²) in [6.07, 6.45) is 0. The van der Waals surface area contributed by atoms with Crippen molar-refractivity contribution in [2.75, 3.05) is 32.1 Å². The molecule has 0 saturated heterocycles. The number of benzene rings is 1. The summed E-state index contributed by atoms with van der Waals surface area (Å²) < 4.78 is 0. The van der Waals surface area contributed by atoms with Gasteiger partial charge in [0.15, 0.2) is 0 Å². The van der Waals surface area contributed by atoms with Gasteiger partial charge in [-0.3, -0.25) is 4.90 Å². The maximum absolute atomic E-state index is 2.43. The van der Waals surface area contributed by atoms with Crippen LogP contribution in [0.4, 0.5) is 5.69 Å². The van der Waals surface area contributed by atoms with Crippen molar-refractivity contribution in [1.82, 2.24) is 4.90 Å². The van der Waals surface area contributed by atoms with E-state index < -0.39 is 0 Å². The molecule has 0 amide bonds. The molecule has 0 atom stereocenters. The molecule has 2 nitrogen and oxygen atoms in total. The SMILES string of the molecule is CCN(CC)Cc1ccccc1N(C)C. The van der Waals surface area contributed by atoms with E-state index in [-0.39, 0.29) is 0 Å². The minimum absolute atomic E-state index is 1.04. The highest BCUT2D eigenvalue weighted by atomic mass is 15.1. The highest BCUT2D eigenvalue weighted by Crippen LogP contribution is 2.19. The van der Waals surface area contributed by atoms with E-state index in [1.807, 2.05) is 0 Å². The predicted molar refractivity (Wildman–Crippen MR) is 67.4 cm³/mol. The van der Waals surface area contributed by atoms with Crippen LogP contribution in [0.15, 0.2) is 24.3 Å². The standard InChI is InChI=1S/C13H22N2/c1-5-15(6-2)11-12-9-7-8-10-13(12)14(3)4/h7-10H,5-6,11H2,1-4H3. The Morgan fingerprint density at radius 2 is 1.60 bits per heavy atom. The molecule has 84 valence electrons. The molecule has 15 heavy (non-hydrogen) atoms. The average molecular weight is 206 g/mol. The maximum atomic E-state index is 2.43. The Balaban J connectivity index is 2.83. The van der Waals surface area contributed by atoms with E-state index in [0.29, 0.717) is 0 Å². The molecule has 0 unspecified atom stereocenters. The second-order valence-electron chi connectivity index (χ2n) is 3.98. The molecule has 0 aromatic heterocycles. The predicted octanol–water partition coefficient (Wildman–Crippen LogP) is 2.59. The van der Waals surface area contributed by atoms with Crippen LogP contribution in [0.25, 0.3) is 0 Å². The third-order valence-corrected chi connectivity index (χ3v) is 2.76. The van der Waals surface area contributed by atoms with Gasteiger partial charge < -0.3 is 4.90 Å². The lowest BCUT2D eigenvalue weighted by Gasteiger charge is -2.23. The van der Waals surface area contributed by atoms with Crippen LogP contribution in [-0.2, 0) is 6.54 Å². The molecular weight excluding hydrogens is 184 g/mol. The van der Waals surface area contributed by atoms with E-state index in [9.17, 15) is 0 Å². The van der Waals surface area contributed by atoms with Crippen molar-refractivity contribution in [3.8, 4) is 0 Å². The molecule has 1 rings (SSSR count). The molecule has 0 radical (unpaired) electrons. The zero-order valence-electron chi connectivity index (χ0n) is 10.3. The van der Waals surface area contributed by atoms with Gasteiger partial charge in [-0.1, -0.05) is 32.0 Å². The molecule has 0 heterocycles. The Kier molecular flexibility index (Phi) is 4.63. The monoisotopic (exact) mass is 206 g/mol. The van der Waals surface area contributed by atoms with Crippen LogP contribution in [0.1, 0.15) is 19.4 Å². The van der Waals surface area contributed by atoms with Crippen molar-refractivity contribution in [1.29, 1.82) is 0 Å². The van der Waals surface area contributed by atoms with Gasteiger partial charge in [-0.2, -0.15) is 0 Å². The maximum Gasteiger partial charge on any atom is 0.0406 e. The normalized spacial score (nSPS) is 10.7. The van der Waals surface area contributed by atoms with Crippen molar-refractivity contribution >= 4 is 5.69 Å². The highest BCUT2D eigenvalue weighted by molar-refractivity contribution is 5.52. The third-order valence-electron chi connectivity index (χ3n) is 2.76. The first-order valence-electron chi connectivity index (χ1n) is 5.66. The Hall–Kier alpha value is -1.02. The van der Waals surface area contributed by atoms with Crippen LogP contribution in [-0.4, -0.2) is 32.1 Å². The fourth-order valence-electron chi connectivity index (χ4n) is 1.77. The first-order valence-corrected chi connectivity index (χ1v) is 5.66. The van der Waals surface area contributed by atoms with Crippen LogP contribution in [0.2, 0.25) is 0 Å². The third kappa shape index (κ3) is 3.24. The van der Waals surface area contributed by atoms with E-state index in [0.717, 1.165) is 19.6 Å². The van der Waals surface area contributed by atoms with E-state index in [2.05, 4.69) is 62.0 Å². The summed E-state index contributed by atoms with van der Waals surface area (Å²) in [5.74, 6) is 0. The number of hydrogen-bond donors (Lipinski definition) is 0. The van der Waals surface area contributed by atoms with Gasteiger partial charge in [-0.05, 0) is 24.7 Å². The van der Waals surface area contributed by atoms with Crippen molar-refractivity contribution < 1.29 is 0 Å². The molecule has 2 heteroatoms. The molecule has 0 aliphatic rings. The lowest BCUT2D eigenvalue weighted by molar-refractivity contribution is 0.296. The van der Waals surface area contributed by atoms with Crippen LogP contribution < -0.4 is 4.90 Å². The van der Waals surface area contributed by atoms with Crippen LogP contribution >= 0.6 is 0 Å². The molecule has 0 spiro atoms. The summed E-state index contributed by atoms with van der Waals surface area (Å²) in [4.78, 5) is 4.61. The van der Waals surface area contributed by atoms with Gasteiger partial charge in [0, 0.05) is 26.3 Å². The van der Waals surface area contributed by atoms with Crippen molar-refractivity contribution in [2.45, 2.75) is 20.4 Å². The first-order chi connectivity index (χ1) is 7.19. The average Bonchev–Trinajstić information content (AvgIpc) is 2.26. The van der Waals surface area contributed by atoms with Crippen molar-refractivity contribution in [3.63, 3.8) is 0 Å². The minimum Gasteiger partial charge on any atom is -0.377 e. The smallest absolute Gasteiger partial charge is 0.0406 e. The van der Waals surface area contributed by atoms with Gasteiger partial charge in [0.2, 0.25) is 0 Å². The van der Waals surface area contributed by atoms with Crippen molar-refractivity contribution in [3.05, 3.63) is 29.8 Å². The lowest BCUT2D eigenvalue weighted by Crippen LogP contribution is -2.23. The molecule has 0 aliphatic carbocycles. The Morgan fingerprint density at radius 1 is 1.00 bits per heavy atom. The number of nitrogens with zero attached hydrogens (tertiary/aromatic N) is 2. The summed E-state index contributed by atoms with van der Waals surface area (Å²) in [7, 11) is 4.20. The Bertz CT molecular complexity index is 290. The Labute approximate surface area is 93.5 Å². The highest BCUT2D eigenvalue weighted by Gasteiger charge is 2.06. The molecule has 0 bridgehead atoms. The fraction of sp³-hybridized carbons (Fsp3) is 0.538. The van der Waals surface area contributed by atoms with Crippen LogP contribution in [0.3, 0.4) is 0 Å². The van der Waals surface area contributed by atoms with Gasteiger partial charge in [-0.15, -0.1) is 0 Å². The number of anilines is 1. The summed E-state index contributed by atoms with van der Waals surface area (Å²) in [5, 5.41) is 0. The zero-order chi connectivity index (χ0) is 11.3. The molecule has 0 aliphatic heterocycles. The van der Waals surface area contributed by atoms with E-state index in [1.165, 1.54) is 11.3 Å². The van der Waals surface area contributed by atoms with Crippen LogP contribution in [0.5, 0.6) is 0 Å². The second kappa shape index (κ2) is 5.76. The molecule has 0 fully saturated rings. The number of hydrogen-bond acceptors (Lipinski definition) is 2. The minimum atomic E-state index is 1.04. The topological polar surface area (TPSA) is 6.48 Å². The van der Waals surface area contributed by atoms with Gasteiger partial charge in [0.1, 0.15) is 0 Å². The molecule has 1 aromatic rings. The van der Waals surface area contributed by atoms with Gasteiger partial charge >= 0.3 is 0 Å². The Morgan fingerprint density at radius 3 is 2.13 bits per heavy atom. The van der Waals surface area contributed by atoms with Gasteiger partial charge in [0.05, 0.1) is 0 Å². The second-order valence-corrected chi connectivity index (χ2v) is 3.98. The van der Waals surface area contributed by atoms with Gasteiger partial charge in [0.25, 0.3) is 0 Å². The summed E-state index contributed by atoms with van der Waals surface area (Å²) in [6, 6.07) is 8.61. The number of rotatable bonds is 5. The molecule has 0 N–H and O–H groups in total. The van der Waals surface area contributed by atoms with E-state index in [1.54, 1.807) is 0 Å². The first kappa shape index (κ1) is 12.1. The van der Waals surface area contributed by atoms with E-state index >= 15 is 0 Å². The fourth-order valence-corrected chi connectivity index (χ4v) is 1.77. The summed E-state index contributed by atoms with van der Waals surface area (Å²) in [5.41, 5.74) is 2.73. The zero-order valence-corrected chi connectivity index (χ0v) is 10.3. The summed E-state index contributed by atoms with van der Waals surface area (Å²) in [6.45, 7) is 7.68. The lowest BCUT2D eigenvalue weighted by atomic mass is 10.1. The largest absolute Gasteiger partial charge is 0.377 e. The van der Waals surface area contributed by atoms with Crippen molar-refractivity contribution in [2.24, 2.45) is 0 Å². The molecule has 0 saturated carbocycles. The molecular formula is C13H22N2. The molecule has 1 aromatic carbocycles. The summed E-state index contributed by atoms with van der Waals surface area (Å²) >= 11 is 0. The van der Waals surface area contributed by atoms with Crippen LogP contribution in [0, 0.1) is 0 Å². The van der Waals surface area contributed by atoms with E-state index in [4.69, 9.17) is 0 Å².